The summed E-state index contributed by atoms with van der Waals surface area (Å²) in [5, 5.41) is 3.58. The highest BCUT2D eigenvalue weighted by Gasteiger charge is 2.32. The van der Waals surface area contributed by atoms with Crippen LogP contribution in [0.15, 0.2) is 82.1 Å². The van der Waals surface area contributed by atoms with E-state index in [9.17, 15) is 9.59 Å². The lowest BCUT2D eigenvalue weighted by Gasteiger charge is -2.42. The van der Waals surface area contributed by atoms with E-state index < -0.39 is 0 Å². The standard InChI is InChI=1S/C30H32BrN5O3/c1-4-39-25-15-11-23(12-16-25)32-30(38)35-18-17-34(19-20(35)2)21(3)28-33-27-8-6-5-7-26(27)29(37)36(28)24-13-9-22(31)10-14-24/h5-16,20-21H,4,17-19H2,1-3H3,(H,32,38). The molecule has 4 aromatic rings. The number of piperazine rings is 1. The molecule has 3 aromatic carbocycles. The lowest BCUT2D eigenvalue weighted by Crippen LogP contribution is -2.55. The Balaban J connectivity index is 1.37. The Hall–Kier alpha value is -3.69. The van der Waals surface area contributed by atoms with E-state index in [0.29, 0.717) is 43.0 Å². The van der Waals surface area contributed by atoms with Crippen LogP contribution in [-0.2, 0) is 0 Å². The zero-order chi connectivity index (χ0) is 27.5. The molecular formula is C30H32BrN5O3. The molecule has 8 nitrogen and oxygen atoms in total. The number of fused-ring (bicyclic) bond motifs is 1. The highest BCUT2D eigenvalue weighted by molar-refractivity contribution is 9.10. The number of amides is 2. The Morgan fingerprint density at radius 3 is 2.49 bits per heavy atom. The van der Waals surface area contributed by atoms with E-state index in [1.165, 1.54) is 0 Å². The van der Waals surface area contributed by atoms with Crippen molar-refractivity contribution in [3.05, 3.63) is 93.4 Å². The van der Waals surface area contributed by atoms with Crippen molar-refractivity contribution in [1.29, 1.82) is 0 Å². The van der Waals surface area contributed by atoms with Crippen molar-refractivity contribution in [3.63, 3.8) is 0 Å². The number of rotatable bonds is 6. The van der Waals surface area contributed by atoms with Gasteiger partial charge in [-0.15, -0.1) is 0 Å². The largest absolute Gasteiger partial charge is 0.494 e. The smallest absolute Gasteiger partial charge is 0.322 e. The number of urea groups is 1. The first kappa shape index (κ1) is 26.9. The van der Waals surface area contributed by atoms with Crippen molar-refractivity contribution >= 4 is 38.6 Å². The molecule has 0 bridgehead atoms. The molecule has 5 rings (SSSR count). The maximum atomic E-state index is 13.7. The van der Waals surface area contributed by atoms with Gasteiger partial charge in [0.2, 0.25) is 0 Å². The molecule has 202 valence electrons. The molecule has 0 radical (unpaired) electrons. The van der Waals surface area contributed by atoms with E-state index in [1.807, 2.05) is 91.5 Å². The van der Waals surface area contributed by atoms with Crippen molar-refractivity contribution in [2.75, 3.05) is 31.6 Å². The van der Waals surface area contributed by atoms with Crippen molar-refractivity contribution in [2.24, 2.45) is 0 Å². The van der Waals surface area contributed by atoms with Crippen LogP contribution in [0.4, 0.5) is 10.5 Å². The molecule has 1 saturated heterocycles. The molecule has 0 aliphatic carbocycles. The Labute approximate surface area is 236 Å². The number of hydrogen-bond donors (Lipinski definition) is 1. The number of nitrogens with one attached hydrogen (secondary N) is 1. The number of halogens is 1. The van der Waals surface area contributed by atoms with Crippen LogP contribution in [0.1, 0.15) is 32.6 Å². The van der Waals surface area contributed by atoms with Gasteiger partial charge in [-0.25, -0.2) is 9.78 Å². The summed E-state index contributed by atoms with van der Waals surface area (Å²) < 4.78 is 8.14. The number of hydrogen-bond acceptors (Lipinski definition) is 5. The van der Waals surface area contributed by atoms with Gasteiger partial charge in [0.15, 0.2) is 0 Å². The second-order valence-electron chi connectivity index (χ2n) is 9.70. The number of nitrogens with zero attached hydrogens (tertiary/aromatic N) is 4. The van der Waals surface area contributed by atoms with Crippen LogP contribution in [0.2, 0.25) is 0 Å². The fourth-order valence-electron chi connectivity index (χ4n) is 5.07. The molecule has 9 heteroatoms. The SMILES string of the molecule is CCOc1ccc(NC(=O)N2CCN(C(C)c3nc4ccccc4c(=O)n3-c3ccc(Br)cc3)CC2C)cc1. The zero-order valence-corrected chi connectivity index (χ0v) is 23.9. The second-order valence-corrected chi connectivity index (χ2v) is 10.6. The van der Waals surface area contributed by atoms with Gasteiger partial charge >= 0.3 is 6.03 Å². The Morgan fingerprint density at radius 2 is 1.79 bits per heavy atom. The Bertz CT molecular complexity index is 1520. The maximum absolute atomic E-state index is 13.7. The summed E-state index contributed by atoms with van der Waals surface area (Å²) in [6.07, 6.45) is 0. The number of ether oxygens (including phenoxy) is 1. The molecule has 1 fully saturated rings. The van der Waals surface area contributed by atoms with Gasteiger partial charge in [-0.1, -0.05) is 28.1 Å². The number of aromatic nitrogens is 2. The predicted molar refractivity (Wildman–Crippen MR) is 158 cm³/mol. The van der Waals surface area contributed by atoms with Crippen molar-refractivity contribution in [3.8, 4) is 11.4 Å². The minimum absolute atomic E-state index is 0.0304. The van der Waals surface area contributed by atoms with Gasteiger partial charge in [-0.2, -0.15) is 0 Å². The first-order valence-corrected chi connectivity index (χ1v) is 14.0. The third-order valence-corrected chi connectivity index (χ3v) is 7.67. The number of carbonyl (C=O) groups excluding carboxylic acids is 1. The molecule has 1 aliphatic rings. The quantitative estimate of drug-likeness (QED) is 0.305. The summed E-state index contributed by atoms with van der Waals surface area (Å²) in [5.41, 5.74) is 2.08. The molecule has 2 atom stereocenters. The van der Waals surface area contributed by atoms with Crippen LogP contribution in [-0.4, -0.2) is 57.7 Å². The van der Waals surface area contributed by atoms with Crippen LogP contribution in [0.3, 0.4) is 0 Å². The molecule has 1 aliphatic heterocycles. The third kappa shape index (κ3) is 5.69. The van der Waals surface area contributed by atoms with Gasteiger partial charge in [-0.05, 0) is 81.4 Å². The minimum atomic E-state index is -0.148. The monoisotopic (exact) mass is 589 g/mol. The molecule has 2 unspecified atom stereocenters. The summed E-state index contributed by atoms with van der Waals surface area (Å²) in [4.78, 5) is 35.9. The first-order valence-electron chi connectivity index (χ1n) is 13.2. The Morgan fingerprint density at radius 1 is 1.08 bits per heavy atom. The summed E-state index contributed by atoms with van der Waals surface area (Å²) in [6.45, 7) is 8.53. The number of carbonyl (C=O) groups is 1. The Kier molecular flexibility index (Phi) is 7.99. The number of para-hydroxylation sites is 1. The lowest BCUT2D eigenvalue weighted by molar-refractivity contribution is 0.0801. The summed E-state index contributed by atoms with van der Waals surface area (Å²) >= 11 is 3.49. The van der Waals surface area contributed by atoms with Gasteiger partial charge in [0, 0.05) is 35.8 Å². The molecule has 2 amide bonds. The van der Waals surface area contributed by atoms with E-state index in [-0.39, 0.29) is 23.7 Å². The van der Waals surface area contributed by atoms with Gasteiger partial charge in [-0.3, -0.25) is 14.3 Å². The van der Waals surface area contributed by atoms with Gasteiger partial charge in [0.05, 0.1) is 29.2 Å². The predicted octanol–water partition coefficient (Wildman–Crippen LogP) is 5.85. The van der Waals surface area contributed by atoms with Crippen LogP contribution in [0.25, 0.3) is 16.6 Å². The number of benzene rings is 3. The fraction of sp³-hybridized carbons (Fsp3) is 0.300. The molecule has 1 N–H and O–H groups in total. The average Bonchev–Trinajstić information content (AvgIpc) is 2.94. The molecule has 39 heavy (non-hydrogen) atoms. The normalized spacial score (nSPS) is 16.7. The van der Waals surface area contributed by atoms with Gasteiger partial charge in [0.25, 0.3) is 5.56 Å². The van der Waals surface area contributed by atoms with E-state index in [2.05, 4.69) is 33.1 Å². The van der Waals surface area contributed by atoms with Crippen LogP contribution < -0.4 is 15.6 Å². The van der Waals surface area contributed by atoms with E-state index in [1.54, 1.807) is 4.57 Å². The van der Waals surface area contributed by atoms with Crippen LogP contribution in [0, 0.1) is 0 Å². The molecule has 0 saturated carbocycles. The summed E-state index contributed by atoms with van der Waals surface area (Å²) in [6, 6.07) is 22.2. The zero-order valence-electron chi connectivity index (χ0n) is 22.3. The summed E-state index contributed by atoms with van der Waals surface area (Å²) in [7, 11) is 0. The first-order chi connectivity index (χ1) is 18.9. The van der Waals surface area contributed by atoms with E-state index >= 15 is 0 Å². The summed E-state index contributed by atoms with van der Waals surface area (Å²) in [5.74, 6) is 1.45. The topological polar surface area (TPSA) is 79.7 Å². The molecule has 0 spiro atoms. The van der Waals surface area contributed by atoms with Crippen molar-refractivity contribution in [2.45, 2.75) is 32.9 Å². The number of anilines is 1. The fourth-order valence-corrected chi connectivity index (χ4v) is 5.33. The highest BCUT2D eigenvalue weighted by Crippen LogP contribution is 2.26. The molecule has 1 aromatic heterocycles. The molecular weight excluding hydrogens is 558 g/mol. The second kappa shape index (κ2) is 11.6. The van der Waals surface area contributed by atoms with Crippen molar-refractivity contribution in [1.82, 2.24) is 19.4 Å². The van der Waals surface area contributed by atoms with Crippen molar-refractivity contribution < 1.29 is 9.53 Å². The third-order valence-electron chi connectivity index (χ3n) is 7.14. The minimum Gasteiger partial charge on any atom is -0.494 e. The van der Waals surface area contributed by atoms with Crippen LogP contribution >= 0.6 is 15.9 Å². The molecule has 2 heterocycles. The van der Waals surface area contributed by atoms with E-state index in [4.69, 9.17) is 9.72 Å². The van der Waals surface area contributed by atoms with Gasteiger partial charge in [0.1, 0.15) is 11.6 Å². The maximum Gasteiger partial charge on any atom is 0.322 e. The lowest BCUT2D eigenvalue weighted by atomic mass is 10.1. The highest BCUT2D eigenvalue weighted by atomic mass is 79.9. The average molecular weight is 591 g/mol. The van der Waals surface area contributed by atoms with E-state index in [0.717, 1.165) is 21.6 Å². The van der Waals surface area contributed by atoms with Crippen LogP contribution in [0.5, 0.6) is 5.75 Å². The van der Waals surface area contributed by atoms with Gasteiger partial charge < -0.3 is 15.0 Å².